The molecule has 4 rings (SSSR count). The van der Waals surface area contributed by atoms with Gasteiger partial charge in [0.05, 0.1) is 5.75 Å². The summed E-state index contributed by atoms with van der Waals surface area (Å²) in [5.41, 5.74) is 3.16. The van der Waals surface area contributed by atoms with Gasteiger partial charge in [0.2, 0.25) is 0 Å². The molecule has 0 radical (unpaired) electrons. The molecule has 1 aromatic heterocycles. The molecule has 0 N–H and O–H groups in total. The van der Waals surface area contributed by atoms with Crippen LogP contribution in [0.2, 0.25) is 15.1 Å². The van der Waals surface area contributed by atoms with Crippen molar-refractivity contribution in [3.8, 4) is 5.69 Å². The molecule has 0 fully saturated rings. The van der Waals surface area contributed by atoms with Crippen molar-refractivity contribution in [2.75, 3.05) is 0 Å². The summed E-state index contributed by atoms with van der Waals surface area (Å²) in [7, 11) is 0. The third kappa shape index (κ3) is 5.79. The van der Waals surface area contributed by atoms with E-state index in [2.05, 4.69) is 26.9 Å². The minimum atomic E-state index is 0.612. The van der Waals surface area contributed by atoms with Crippen LogP contribution in [0.1, 0.15) is 17.0 Å². The molecule has 0 atom stereocenters. The van der Waals surface area contributed by atoms with Crippen molar-refractivity contribution in [2.45, 2.75) is 22.4 Å². The van der Waals surface area contributed by atoms with Gasteiger partial charge in [-0.05, 0) is 47.5 Å². The number of rotatable bonds is 8. The maximum absolute atomic E-state index is 6.34. The van der Waals surface area contributed by atoms with Crippen molar-refractivity contribution in [2.24, 2.45) is 0 Å². The second kappa shape index (κ2) is 10.8. The molecule has 1 heterocycles. The van der Waals surface area contributed by atoms with Gasteiger partial charge < -0.3 is 0 Å². The van der Waals surface area contributed by atoms with E-state index >= 15 is 0 Å². The lowest BCUT2D eigenvalue weighted by Gasteiger charge is -2.11. The molecule has 4 aromatic rings. The van der Waals surface area contributed by atoms with Gasteiger partial charge in [-0.25, -0.2) is 0 Å². The highest BCUT2D eigenvalue weighted by atomic mass is 35.5. The Hall–Kier alpha value is -1.63. The van der Waals surface area contributed by atoms with E-state index in [0.717, 1.165) is 38.8 Å². The predicted octanol–water partition coefficient (Wildman–Crippen LogP) is 7.95. The van der Waals surface area contributed by atoms with E-state index in [1.165, 1.54) is 5.56 Å². The lowest BCUT2D eigenvalue weighted by atomic mass is 10.2. The minimum absolute atomic E-state index is 0.612. The molecule has 8 heteroatoms. The topological polar surface area (TPSA) is 30.7 Å². The molecule has 158 valence electrons. The summed E-state index contributed by atoms with van der Waals surface area (Å²) in [6.45, 7) is 0. The van der Waals surface area contributed by atoms with E-state index in [1.807, 2.05) is 60.7 Å². The average Bonchev–Trinajstić information content (AvgIpc) is 3.18. The van der Waals surface area contributed by atoms with Gasteiger partial charge in [-0.1, -0.05) is 83.0 Å². The molecule has 0 aliphatic carbocycles. The zero-order chi connectivity index (χ0) is 21.6. The van der Waals surface area contributed by atoms with Crippen LogP contribution in [0, 0.1) is 0 Å². The summed E-state index contributed by atoms with van der Waals surface area (Å²) in [6, 6.07) is 23.6. The third-order valence-corrected chi connectivity index (χ3v) is 7.45. The Kier molecular flexibility index (Phi) is 7.86. The molecule has 0 aliphatic heterocycles. The molecule has 3 aromatic carbocycles. The molecular formula is C23H18Cl3N3S2. The standard InChI is InChI=1S/C23H18Cl3N3S2/c24-17-11-9-16(10-12-17)13-30-15-22-27-28-23(29(22)18-5-2-1-3-6-18)31-14-19-20(25)7-4-8-21(19)26/h1-12H,13-15H2. The molecular weight excluding hydrogens is 489 g/mol. The number of benzene rings is 3. The monoisotopic (exact) mass is 505 g/mol. The van der Waals surface area contributed by atoms with Crippen molar-refractivity contribution in [3.63, 3.8) is 0 Å². The van der Waals surface area contributed by atoms with Gasteiger partial charge >= 0.3 is 0 Å². The minimum Gasteiger partial charge on any atom is -0.273 e. The van der Waals surface area contributed by atoms with Crippen LogP contribution in [0.4, 0.5) is 0 Å². The fourth-order valence-electron chi connectivity index (χ4n) is 2.97. The van der Waals surface area contributed by atoms with Crippen molar-refractivity contribution in [3.05, 3.63) is 105 Å². The number of hydrogen-bond donors (Lipinski definition) is 0. The van der Waals surface area contributed by atoms with E-state index in [0.29, 0.717) is 15.8 Å². The number of para-hydroxylation sites is 1. The fourth-order valence-corrected chi connectivity index (χ4v) is 5.71. The van der Waals surface area contributed by atoms with Crippen molar-refractivity contribution >= 4 is 58.3 Å². The van der Waals surface area contributed by atoms with Gasteiger partial charge in [0.25, 0.3) is 0 Å². The quantitative estimate of drug-likeness (QED) is 0.227. The van der Waals surface area contributed by atoms with E-state index in [4.69, 9.17) is 34.8 Å². The molecule has 31 heavy (non-hydrogen) atoms. The summed E-state index contributed by atoms with van der Waals surface area (Å²) >= 11 is 22.0. The van der Waals surface area contributed by atoms with Gasteiger partial charge in [-0.3, -0.25) is 4.57 Å². The van der Waals surface area contributed by atoms with Crippen LogP contribution < -0.4 is 0 Å². The average molecular weight is 507 g/mol. The largest absolute Gasteiger partial charge is 0.273 e. The van der Waals surface area contributed by atoms with E-state index in [-0.39, 0.29) is 0 Å². The lowest BCUT2D eigenvalue weighted by Crippen LogP contribution is -2.02. The first-order valence-corrected chi connectivity index (χ1v) is 12.8. The van der Waals surface area contributed by atoms with Gasteiger partial charge in [0.1, 0.15) is 5.82 Å². The molecule has 0 saturated carbocycles. The molecule has 0 amide bonds. The Morgan fingerprint density at radius 1 is 0.710 bits per heavy atom. The first-order valence-electron chi connectivity index (χ1n) is 9.49. The van der Waals surface area contributed by atoms with Gasteiger partial charge in [0.15, 0.2) is 5.16 Å². The molecule has 0 bridgehead atoms. The predicted molar refractivity (Wildman–Crippen MR) is 134 cm³/mol. The second-order valence-corrected chi connectivity index (χ2v) is 9.86. The first-order chi connectivity index (χ1) is 15.1. The maximum atomic E-state index is 6.34. The Morgan fingerprint density at radius 3 is 2.13 bits per heavy atom. The van der Waals surface area contributed by atoms with E-state index < -0.39 is 0 Å². The summed E-state index contributed by atoms with van der Waals surface area (Å²) in [5, 5.41) is 11.8. The van der Waals surface area contributed by atoms with Crippen LogP contribution in [-0.2, 0) is 17.3 Å². The van der Waals surface area contributed by atoms with Gasteiger partial charge in [0, 0.05) is 32.3 Å². The normalized spacial score (nSPS) is 11.1. The highest BCUT2D eigenvalue weighted by Gasteiger charge is 2.16. The first kappa shape index (κ1) is 22.6. The van der Waals surface area contributed by atoms with E-state index in [9.17, 15) is 0 Å². The van der Waals surface area contributed by atoms with Crippen LogP contribution in [0.15, 0.2) is 78.0 Å². The van der Waals surface area contributed by atoms with Crippen LogP contribution in [0.5, 0.6) is 0 Å². The van der Waals surface area contributed by atoms with Gasteiger partial charge in [-0.2, -0.15) is 0 Å². The highest BCUT2D eigenvalue weighted by Crippen LogP contribution is 2.32. The number of nitrogens with zero attached hydrogens (tertiary/aromatic N) is 3. The van der Waals surface area contributed by atoms with Gasteiger partial charge in [-0.15, -0.1) is 22.0 Å². The van der Waals surface area contributed by atoms with Crippen molar-refractivity contribution in [1.82, 2.24) is 14.8 Å². The highest BCUT2D eigenvalue weighted by molar-refractivity contribution is 7.98. The SMILES string of the molecule is Clc1ccc(CSCc2nnc(SCc3c(Cl)cccc3Cl)n2-c2ccccc2)cc1. The smallest absolute Gasteiger partial charge is 0.196 e. The molecule has 0 unspecified atom stereocenters. The number of hydrogen-bond acceptors (Lipinski definition) is 4. The molecule has 0 spiro atoms. The molecule has 3 nitrogen and oxygen atoms in total. The van der Waals surface area contributed by atoms with Crippen LogP contribution in [-0.4, -0.2) is 14.8 Å². The van der Waals surface area contributed by atoms with Crippen molar-refractivity contribution in [1.29, 1.82) is 0 Å². The lowest BCUT2D eigenvalue weighted by molar-refractivity contribution is 0.864. The Bertz CT molecular complexity index is 1130. The maximum Gasteiger partial charge on any atom is 0.196 e. The Labute approximate surface area is 205 Å². The van der Waals surface area contributed by atoms with Crippen LogP contribution in [0.3, 0.4) is 0 Å². The second-order valence-electron chi connectivity index (χ2n) is 6.68. The molecule has 0 aliphatic rings. The summed E-state index contributed by atoms with van der Waals surface area (Å²) in [4.78, 5) is 0. The number of thioether (sulfide) groups is 2. The van der Waals surface area contributed by atoms with Crippen molar-refractivity contribution < 1.29 is 0 Å². The zero-order valence-corrected chi connectivity index (χ0v) is 20.2. The Morgan fingerprint density at radius 2 is 1.42 bits per heavy atom. The van der Waals surface area contributed by atoms with E-state index in [1.54, 1.807) is 23.5 Å². The zero-order valence-electron chi connectivity index (χ0n) is 16.3. The number of aromatic nitrogens is 3. The van der Waals surface area contributed by atoms with Crippen LogP contribution >= 0.6 is 58.3 Å². The third-order valence-electron chi connectivity index (χ3n) is 4.54. The summed E-state index contributed by atoms with van der Waals surface area (Å²) < 4.78 is 2.10. The Balaban J connectivity index is 1.53. The summed E-state index contributed by atoms with van der Waals surface area (Å²) in [6.07, 6.45) is 0. The molecule has 0 saturated heterocycles. The fraction of sp³-hybridized carbons (Fsp3) is 0.130. The van der Waals surface area contributed by atoms with Crippen LogP contribution in [0.25, 0.3) is 5.69 Å². The summed E-state index contributed by atoms with van der Waals surface area (Å²) in [5.74, 6) is 3.12. The number of halogens is 3.